The molecule has 1 unspecified atom stereocenters. The summed E-state index contributed by atoms with van der Waals surface area (Å²) in [6.07, 6.45) is 3.32. The number of hydrogen-bond acceptors (Lipinski definition) is 3. The summed E-state index contributed by atoms with van der Waals surface area (Å²) in [5.41, 5.74) is 7.69. The molecule has 0 aliphatic rings. The first-order chi connectivity index (χ1) is 10.1. The number of hydrogen-bond donors (Lipinski definition) is 1. The van der Waals surface area contributed by atoms with E-state index >= 15 is 0 Å². The first kappa shape index (κ1) is 18.1. The van der Waals surface area contributed by atoms with Crippen molar-refractivity contribution in [3.05, 3.63) is 35.9 Å². The summed E-state index contributed by atoms with van der Waals surface area (Å²) in [6.45, 7) is 8.55. The molecule has 120 valence electrons. The fourth-order valence-electron chi connectivity index (χ4n) is 3.09. The third-order valence-corrected chi connectivity index (χ3v) is 4.50. The lowest BCUT2D eigenvalue weighted by atomic mass is 9.86. The van der Waals surface area contributed by atoms with E-state index in [-0.39, 0.29) is 5.54 Å². The lowest BCUT2D eigenvalue weighted by molar-refractivity contribution is 0.0908. The topological polar surface area (TPSA) is 32.5 Å². The van der Waals surface area contributed by atoms with Gasteiger partial charge >= 0.3 is 0 Å². The van der Waals surface area contributed by atoms with Crippen molar-refractivity contribution in [2.24, 2.45) is 5.73 Å². The Kier molecular flexibility index (Phi) is 7.94. The molecule has 0 aromatic heterocycles. The van der Waals surface area contributed by atoms with Gasteiger partial charge in [0.2, 0.25) is 0 Å². The number of nitrogens with two attached hydrogens (primary N) is 1. The van der Waals surface area contributed by atoms with Crippen LogP contribution in [0.3, 0.4) is 0 Å². The molecule has 0 spiro atoms. The fraction of sp³-hybridized carbons (Fsp3) is 0.667. The average molecular weight is 291 g/mol. The van der Waals surface area contributed by atoms with Crippen LogP contribution in [0.5, 0.6) is 0 Å². The van der Waals surface area contributed by atoms with E-state index in [4.69, 9.17) is 5.73 Å². The van der Waals surface area contributed by atoms with Gasteiger partial charge in [-0.3, -0.25) is 4.90 Å². The van der Waals surface area contributed by atoms with Gasteiger partial charge in [0, 0.05) is 12.1 Å². The maximum Gasteiger partial charge on any atom is 0.0369 e. The molecule has 0 bridgehead atoms. The minimum atomic E-state index is 0.0857. The van der Waals surface area contributed by atoms with E-state index in [1.54, 1.807) is 0 Å². The van der Waals surface area contributed by atoms with E-state index in [0.717, 1.165) is 32.5 Å². The molecule has 3 heteroatoms. The normalized spacial score (nSPS) is 14.6. The summed E-state index contributed by atoms with van der Waals surface area (Å²) in [5.74, 6) is 0. The lowest BCUT2D eigenvalue weighted by Gasteiger charge is -2.43. The van der Waals surface area contributed by atoms with E-state index in [1.165, 1.54) is 12.0 Å². The molecule has 0 fully saturated rings. The predicted octanol–water partition coefficient (Wildman–Crippen LogP) is 2.61. The van der Waals surface area contributed by atoms with Crippen molar-refractivity contribution < 1.29 is 0 Å². The van der Waals surface area contributed by atoms with Gasteiger partial charge in [0.15, 0.2) is 0 Å². The SMILES string of the molecule is CCN(CCCN(C)C)C(CC)(CN)Cc1ccccc1. The Labute approximate surface area is 131 Å². The Morgan fingerprint density at radius 2 is 1.71 bits per heavy atom. The minimum Gasteiger partial charge on any atom is -0.329 e. The van der Waals surface area contributed by atoms with Gasteiger partial charge in [-0.2, -0.15) is 0 Å². The van der Waals surface area contributed by atoms with E-state index in [9.17, 15) is 0 Å². The summed E-state index contributed by atoms with van der Waals surface area (Å²) in [4.78, 5) is 4.84. The van der Waals surface area contributed by atoms with Gasteiger partial charge in [-0.15, -0.1) is 0 Å². The van der Waals surface area contributed by atoms with Crippen LogP contribution >= 0.6 is 0 Å². The van der Waals surface area contributed by atoms with Crippen LogP contribution in [-0.4, -0.2) is 55.6 Å². The zero-order valence-corrected chi connectivity index (χ0v) is 14.3. The highest BCUT2D eigenvalue weighted by atomic mass is 15.2. The molecule has 0 radical (unpaired) electrons. The van der Waals surface area contributed by atoms with Gasteiger partial charge in [0.1, 0.15) is 0 Å². The summed E-state index contributed by atoms with van der Waals surface area (Å²) >= 11 is 0. The molecule has 1 rings (SSSR count). The van der Waals surface area contributed by atoms with Crippen molar-refractivity contribution in [1.82, 2.24) is 9.80 Å². The van der Waals surface area contributed by atoms with Crippen molar-refractivity contribution in [3.8, 4) is 0 Å². The summed E-state index contributed by atoms with van der Waals surface area (Å²) < 4.78 is 0. The monoisotopic (exact) mass is 291 g/mol. The molecule has 21 heavy (non-hydrogen) atoms. The highest BCUT2D eigenvalue weighted by molar-refractivity contribution is 5.18. The van der Waals surface area contributed by atoms with Crippen LogP contribution in [0.15, 0.2) is 30.3 Å². The van der Waals surface area contributed by atoms with Gasteiger partial charge < -0.3 is 10.6 Å². The van der Waals surface area contributed by atoms with Crippen molar-refractivity contribution in [2.45, 2.75) is 38.6 Å². The van der Waals surface area contributed by atoms with Crippen LogP contribution < -0.4 is 5.73 Å². The average Bonchev–Trinajstić information content (AvgIpc) is 2.50. The molecule has 0 amide bonds. The predicted molar refractivity (Wildman–Crippen MR) is 92.6 cm³/mol. The maximum absolute atomic E-state index is 6.22. The molecular weight excluding hydrogens is 258 g/mol. The molecule has 0 heterocycles. The fourth-order valence-corrected chi connectivity index (χ4v) is 3.09. The highest BCUT2D eigenvalue weighted by Gasteiger charge is 2.32. The number of nitrogens with zero attached hydrogens (tertiary/aromatic N) is 2. The van der Waals surface area contributed by atoms with Crippen LogP contribution in [0.2, 0.25) is 0 Å². The van der Waals surface area contributed by atoms with Crippen LogP contribution in [0.25, 0.3) is 0 Å². The van der Waals surface area contributed by atoms with Gasteiger partial charge in [0.05, 0.1) is 0 Å². The van der Waals surface area contributed by atoms with E-state index in [1.807, 2.05) is 0 Å². The zero-order valence-electron chi connectivity index (χ0n) is 14.3. The Balaban J connectivity index is 2.79. The molecule has 0 saturated heterocycles. The molecule has 3 nitrogen and oxygen atoms in total. The quantitative estimate of drug-likeness (QED) is 0.719. The Morgan fingerprint density at radius 3 is 2.19 bits per heavy atom. The number of rotatable bonds is 10. The van der Waals surface area contributed by atoms with Crippen molar-refractivity contribution in [3.63, 3.8) is 0 Å². The van der Waals surface area contributed by atoms with Crippen molar-refractivity contribution in [2.75, 3.05) is 40.3 Å². The van der Waals surface area contributed by atoms with E-state index in [0.29, 0.717) is 6.54 Å². The number of benzene rings is 1. The second kappa shape index (κ2) is 9.19. The lowest BCUT2D eigenvalue weighted by Crippen LogP contribution is -2.55. The van der Waals surface area contributed by atoms with Gasteiger partial charge in [0.25, 0.3) is 0 Å². The third kappa shape index (κ3) is 5.42. The standard InChI is InChI=1S/C18H33N3/c1-5-18(16-19,15-17-11-8-7-9-12-17)21(6-2)14-10-13-20(3)4/h7-9,11-12H,5-6,10,13-16,19H2,1-4H3. The highest BCUT2D eigenvalue weighted by Crippen LogP contribution is 2.24. The molecule has 0 aliphatic heterocycles. The molecule has 1 aromatic carbocycles. The number of likely N-dealkylation sites (N-methyl/N-ethyl adjacent to an activating group) is 1. The van der Waals surface area contributed by atoms with Crippen LogP contribution in [0.4, 0.5) is 0 Å². The zero-order chi connectivity index (χ0) is 15.7. The second-order valence-electron chi connectivity index (χ2n) is 6.18. The minimum absolute atomic E-state index is 0.0857. The van der Waals surface area contributed by atoms with Crippen molar-refractivity contribution >= 4 is 0 Å². The van der Waals surface area contributed by atoms with Gasteiger partial charge in [-0.1, -0.05) is 44.2 Å². The largest absolute Gasteiger partial charge is 0.329 e. The van der Waals surface area contributed by atoms with Gasteiger partial charge in [-0.25, -0.2) is 0 Å². The molecule has 1 aromatic rings. The van der Waals surface area contributed by atoms with E-state index in [2.05, 4.69) is 68.1 Å². The van der Waals surface area contributed by atoms with Crippen molar-refractivity contribution in [1.29, 1.82) is 0 Å². The Hall–Kier alpha value is -0.900. The first-order valence-electron chi connectivity index (χ1n) is 8.21. The molecule has 0 aliphatic carbocycles. The molecule has 1 atom stereocenters. The molecule has 0 saturated carbocycles. The smallest absolute Gasteiger partial charge is 0.0369 e. The Bertz CT molecular complexity index is 371. The maximum atomic E-state index is 6.22. The summed E-state index contributed by atoms with van der Waals surface area (Å²) in [5, 5.41) is 0. The van der Waals surface area contributed by atoms with Crippen LogP contribution in [0.1, 0.15) is 32.3 Å². The van der Waals surface area contributed by atoms with Gasteiger partial charge in [-0.05, 0) is 58.6 Å². The molecule has 2 N–H and O–H groups in total. The van der Waals surface area contributed by atoms with Crippen LogP contribution in [-0.2, 0) is 6.42 Å². The summed E-state index contributed by atoms with van der Waals surface area (Å²) in [7, 11) is 4.27. The second-order valence-corrected chi connectivity index (χ2v) is 6.18. The first-order valence-corrected chi connectivity index (χ1v) is 8.21. The van der Waals surface area contributed by atoms with Crippen LogP contribution in [0, 0.1) is 0 Å². The van der Waals surface area contributed by atoms with E-state index < -0.39 is 0 Å². The third-order valence-electron chi connectivity index (χ3n) is 4.50. The molecular formula is C18H33N3. The summed E-state index contributed by atoms with van der Waals surface area (Å²) in [6, 6.07) is 10.7. The Morgan fingerprint density at radius 1 is 1.05 bits per heavy atom.